The molecule has 1 amide bonds. The summed E-state index contributed by atoms with van der Waals surface area (Å²) in [5, 5.41) is 17.8. The molecule has 0 fully saturated rings. The molecule has 7 heteroatoms. The van der Waals surface area contributed by atoms with Crippen molar-refractivity contribution < 1.29 is 10.0 Å². The van der Waals surface area contributed by atoms with Crippen molar-refractivity contribution in [3.63, 3.8) is 0 Å². The highest BCUT2D eigenvalue weighted by molar-refractivity contribution is 5.92. The van der Waals surface area contributed by atoms with E-state index in [2.05, 4.69) is 15.4 Å². The van der Waals surface area contributed by atoms with E-state index in [4.69, 9.17) is 10.9 Å². The highest BCUT2D eigenvalue weighted by Crippen LogP contribution is 2.06. The molecule has 0 bridgehead atoms. The molecule has 100 valence electrons. The van der Waals surface area contributed by atoms with Gasteiger partial charge in [-0.05, 0) is 12.0 Å². The first-order valence-corrected chi connectivity index (χ1v) is 5.79. The number of nitrogens with zero attached hydrogens (tertiary/aromatic N) is 3. The second-order valence-electron chi connectivity index (χ2n) is 4.46. The molecule has 0 unspecified atom stereocenters. The van der Waals surface area contributed by atoms with Crippen LogP contribution in [0.4, 0.5) is 0 Å². The van der Waals surface area contributed by atoms with Gasteiger partial charge in [0.05, 0.1) is 0 Å². The zero-order chi connectivity index (χ0) is 13.5. The van der Waals surface area contributed by atoms with Gasteiger partial charge >= 0.3 is 0 Å². The van der Waals surface area contributed by atoms with Crippen molar-refractivity contribution in [1.82, 2.24) is 15.1 Å². The second-order valence-corrected chi connectivity index (χ2v) is 4.46. The lowest BCUT2D eigenvalue weighted by Crippen LogP contribution is -2.37. The normalized spacial score (nSPS) is 11.8. The second kappa shape index (κ2) is 6.63. The summed E-state index contributed by atoms with van der Waals surface area (Å²) < 4.78 is 0. The van der Waals surface area contributed by atoms with E-state index in [9.17, 15) is 4.79 Å². The molecule has 0 aliphatic carbocycles. The summed E-state index contributed by atoms with van der Waals surface area (Å²) in [5.41, 5.74) is 5.85. The summed E-state index contributed by atoms with van der Waals surface area (Å²) in [6, 6.07) is 1.62. The summed E-state index contributed by atoms with van der Waals surface area (Å²) in [4.78, 5) is 13.8. The number of carbonyl (C=O) groups is 1. The Bertz CT molecular complexity index is 400. The largest absolute Gasteiger partial charge is 0.409 e. The van der Waals surface area contributed by atoms with E-state index < -0.39 is 0 Å². The molecule has 18 heavy (non-hydrogen) atoms. The van der Waals surface area contributed by atoms with Gasteiger partial charge in [0.25, 0.3) is 5.91 Å². The number of hydrogen-bond acceptors (Lipinski definition) is 4. The quantitative estimate of drug-likeness (QED) is 0.299. The van der Waals surface area contributed by atoms with Gasteiger partial charge in [-0.3, -0.25) is 9.89 Å². The van der Waals surface area contributed by atoms with Crippen molar-refractivity contribution in [1.29, 1.82) is 0 Å². The minimum absolute atomic E-state index is 0.112. The van der Waals surface area contributed by atoms with Gasteiger partial charge in [0.1, 0.15) is 11.5 Å². The van der Waals surface area contributed by atoms with Gasteiger partial charge in [0.2, 0.25) is 0 Å². The molecule has 0 spiro atoms. The fraction of sp³-hybridized carbons (Fsp3) is 0.545. The maximum Gasteiger partial charge on any atom is 0.271 e. The molecule has 1 rings (SSSR count). The third-order valence-electron chi connectivity index (χ3n) is 2.37. The average molecular weight is 253 g/mol. The van der Waals surface area contributed by atoms with Crippen molar-refractivity contribution in [2.75, 3.05) is 13.1 Å². The predicted molar refractivity (Wildman–Crippen MR) is 67.4 cm³/mol. The van der Waals surface area contributed by atoms with Crippen molar-refractivity contribution in [3.8, 4) is 0 Å². The summed E-state index contributed by atoms with van der Waals surface area (Å²) in [6.07, 6.45) is 1.87. The number of H-pyrrole nitrogens is 1. The first-order valence-electron chi connectivity index (χ1n) is 5.79. The summed E-state index contributed by atoms with van der Waals surface area (Å²) in [6.45, 7) is 5.07. The maximum atomic E-state index is 12.2. The molecule has 0 saturated carbocycles. The summed E-state index contributed by atoms with van der Waals surface area (Å²) in [7, 11) is 0. The summed E-state index contributed by atoms with van der Waals surface area (Å²) >= 11 is 0. The van der Waals surface area contributed by atoms with E-state index in [0.717, 1.165) is 0 Å². The van der Waals surface area contributed by atoms with Crippen LogP contribution in [-0.4, -0.2) is 45.1 Å². The predicted octanol–water partition coefficient (Wildman–Crippen LogP) is 0.644. The standard InChI is InChI=1S/C11H19N5O2/c1-8(2)7-16(6-4-10(12)15-18)11(17)9-3-5-13-14-9/h3,5,8,18H,4,6-7H2,1-2H3,(H2,12,15)(H,13,14). The Balaban J connectivity index is 2.69. The molecular weight excluding hydrogens is 234 g/mol. The smallest absolute Gasteiger partial charge is 0.271 e. The number of nitrogens with two attached hydrogens (primary N) is 1. The molecule has 0 radical (unpaired) electrons. The topological polar surface area (TPSA) is 108 Å². The highest BCUT2D eigenvalue weighted by atomic mass is 16.4. The van der Waals surface area contributed by atoms with Crippen molar-refractivity contribution >= 4 is 11.7 Å². The Hall–Kier alpha value is -2.05. The molecular formula is C11H19N5O2. The molecule has 1 aromatic heterocycles. The van der Waals surface area contributed by atoms with Crippen molar-refractivity contribution in [3.05, 3.63) is 18.0 Å². The van der Waals surface area contributed by atoms with Crippen LogP contribution in [0.1, 0.15) is 30.8 Å². The minimum Gasteiger partial charge on any atom is -0.409 e. The lowest BCUT2D eigenvalue weighted by atomic mass is 10.2. The lowest BCUT2D eigenvalue weighted by molar-refractivity contribution is 0.0734. The molecule has 0 aromatic carbocycles. The third kappa shape index (κ3) is 4.08. The van der Waals surface area contributed by atoms with Gasteiger partial charge in [-0.25, -0.2) is 0 Å². The zero-order valence-electron chi connectivity index (χ0n) is 10.6. The number of oxime groups is 1. The fourth-order valence-electron chi connectivity index (χ4n) is 1.56. The van der Waals surface area contributed by atoms with Crippen molar-refractivity contribution in [2.24, 2.45) is 16.8 Å². The number of nitrogens with one attached hydrogen (secondary N) is 1. The van der Waals surface area contributed by atoms with E-state index >= 15 is 0 Å². The lowest BCUT2D eigenvalue weighted by Gasteiger charge is -2.23. The van der Waals surface area contributed by atoms with E-state index in [1.165, 1.54) is 6.20 Å². The highest BCUT2D eigenvalue weighted by Gasteiger charge is 2.18. The Morgan fingerprint density at radius 2 is 2.39 bits per heavy atom. The van der Waals surface area contributed by atoms with Crippen LogP contribution >= 0.6 is 0 Å². The Morgan fingerprint density at radius 3 is 2.89 bits per heavy atom. The van der Waals surface area contributed by atoms with Gasteiger partial charge < -0.3 is 15.8 Å². The molecule has 1 aromatic rings. The SMILES string of the molecule is CC(C)CN(CC/C(N)=N/O)C(=O)c1ccn[nH]1. The Kier molecular flexibility index (Phi) is 5.16. The Morgan fingerprint density at radius 1 is 1.67 bits per heavy atom. The van der Waals surface area contributed by atoms with Crippen molar-refractivity contribution in [2.45, 2.75) is 20.3 Å². The molecule has 7 nitrogen and oxygen atoms in total. The Labute approximate surface area is 106 Å². The molecule has 0 aliphatic rings. The number of aromatic amines is 1. The number of rotatable bonds is 6. The molecule has 0 atom stereocenters. The number of amidine groups is 1. The number of aromatic nitrogens is 2. The van der Waals surface area contributed by atoms with Crippen LogP contribution in [0.25, 0.3) is 0 Å². The summed E-state index contributed by atoms with van der Waals surface area (Å²) in [5.74, 6) is 0.317. The first-order chi connectivity index (χ1) is 8.54. The maximum absolute atomic E-state index is 12.2. The number of amides is 1. The number of carbonyl (C=O) groups excluding carboxylic acids is 1. The van der Waals surface area contributed by atoms with Gasteiger partial charge in [-0.1, -0.05) is 19.0 Å². The van der Waals surface area contributed by atoms with E-state index in [0.29, 0.717) is 31.1 Å². The fourth-order valence-corrected chi connectivity index (χ4v) is 1.56. The van der Waals surface area contributed by atoms with E-state index in [1.807, 2.05) is 13.8 Å². The monoisotopic (exact) mass is 253 g/mol. The van der Waals surface area contributed by atoms with Crippen LogP contribution in [0, 0.1) is 5.92 Å². The van der Waals surface area contributed by atoms with Gasteiger partial charge in [-0.2, -0.15) is 5.10 Å². The van der Waals surface area contributed by atoms with Crippen LogP contribution < -0.4 is 5.73 Å². The third-order valence-corrected chi connectivity index (χ3v) is 2.37. The first kappa shape index (κ1) is 14.0. The molecule has 4 N–H and O–H groups in total. The zero-order valence-corrected chi connectivity index (χ0v) is 10.6. The average Bonchev–Trinajstić information content (AvgIpc) is 2.86. The van der Waals surface area contributed by atoms with Gasteiger partial charge in [-0.15, -0.1) is 0 Å². The van der Waals surface area contributed by atoms with E-state index in [1.54, 1.807) is 11.0 Å². The van der Waals surface area contributed by atoms with E-state index in [-0.39, 0.29) is 11.7 Å². The van der Waals surface area contributed by atoms with Crippen LogP contribution in [0.15, 0.2) is 17.4 Å². The number of hydrogen-bond donors (Lipinski definition) is 3. The van der Waals surface area contributed by atoms with Crippen LogP contribution in [-0.2, 0) is 0 Å². The minimum atomic E-state index is -0.132. The molecule has 0 saturated heterocycles. The van der Waals surface area contributed by atoms with Gasteiger partial charge in [0, 0.05) is 25.7 Å². The van der Waals surface area contributed by atoms with Crippen LogP contribution in [0.3, 0.4) is 0 Å². The van der Waals surface area contributed by atoms with Gasteiger partial charge in [0.15, 0.2) is 0 Å². The van der Waals surface area contributed by atoms with Crippen LogP contribution in [0.5, 0.6) is 0 Å². The molecule has 1 heterocycles. The molecule has 0 aliphatic heterocycles. The van der Waals surface area contributed by atoms with Crippen LogP contribution in [0.2, 0.25) is 0 Å².